The molecule has 1 unspecified atom stereocenters. The topological polar surface area (TPSA) is 46.3 Å². The standard InChI is InChI=1S/C15H11BrClNO2/c16-10-5-9(6-11(17)7-10)13(19)8-15-18-12-3-1-2-4-14(12)20-15/h1-7,13,19H,8H2. The Labute approximate surface area is 129 Å². The van der Waals surface area contributed by atoms with Gasteiger partial charge < -0.3 is 9.52 Å². The van der Waals surface area contributed by atoms with Gasteiger partial charge in [-0.2, -0.15) is 0 Å². The van der Waals surface area contributed by atoms with E-state index in [9.17, 15) is 5.11 Å². The van der Waals surface area contributed by atoms with Gasteiger partial charge in [-0.15, -0.1) is 0 Å². The Balaban J connectivity index is 1.86. The normalized spacial score (nSPS) is 12.8. The number of oxazole rings is 1. The highest BCUT2D eigenvalue weighted by atomic mass is 79.9. The minimum absolute atomic E-state index is 0.307. The van der Waals surface area contributed by atoms with Crippen LogP contribution < -0.4 is 0 Å². The summed E-state index contributed by atoms with van der Waals surface area (Å²) in [7, 11) is 0. The lowest BCUT2D eigenvalue weighted by atomic mass is 10.1. The van der Waals surface area contributed by atoms with Crippen molar-refractivity contribution in [3.63, 3.8) is 0 Å². The SMILES string of the molecule is OC(Cc1nc2ccccc2o1)c1cc(Cl)cc(Br)c1. The number of hydrogen-bond acceptors (Lipinski definition) is 3. The van der Waals surface area contributed by atoms with Crippen LogP contribution in [0.4, 0.5) is 0 Å². The highest BCUT2D eigenvalue weighted by Crippen LogP contribution is 2.26. The molecule has 0 spiro atoms. The van der Waals surface area contributed by atoms with E-state index >= 15 is 0 Å². The predicted molar refractivity (Wildman–Crippen MR) is 81.8 cm³/mol. The Morgan fingerprint density at radius 3 is 2.80 bits per heavy atom. The van der Waals surface area contributed by atoms with Gasteiger partial charge in [0.15, 0.2) is 11.5 Å². The zero-order valence-corrected chi connectivity index (χ0v) is 12.7. The molecule has 3 nitrogen and oxygen atoms in total. The highest BCUT2D eigenvalue weighted by Gasteiger charge is 2.14. The molecule has 1 aromatic heterocycles. The van der Waals surface area contributed by atoms with Gasteiger partial charge in [0, 0.05) is 9.50 Å². The molecule has 0 amide bonds. The molecular weight excluding hydrogens is 342 g/mol. The van der Waals surface area contributed by atoms with Crippen LogP contribution >= 0.6 is 27.5 Å². The summed E-state index contributed by atoms with van der Waals surface area (Å²) in [5.41, 5.74) is 2.25. The fourth-order valence-electron chi connectivity index (χ4n) is 2.06. The van der Waals surface area contributed by atoms with E-state index in [-0.39, 0.29) is 0 Å². The van der Waals surface area contributed by atoms with Gasteiger partial charge in [0.05, 0.1) is 12.5 Å². The summed E-state index contributed by atoms with van der Waals surface area (Å²) in [5.74, 6) is 0.509. The molecule has 0 aliphatic heterocycles. The molecule has 0 aliphatic carbocycles. The molecule has 1 atom stereocenters. The van der Waals surface area contributed by atoms with E-state index < -0.39 is 6.10 Å². The van der Waals surface area contributed by atoms with E-state index in [4.69, 9.17) is 16.0 Å². The Kier molecular flexibility index (Phi) is 3.78. The lowest BCUT2D eigenvalue weighted by Crippen LogP contribution is -2.02. The summed E-state index contributed by atoms with van der Waals surface area (Å²) in [6.45, 7) is 0. The lowest BCUT2D eigenvalue weighted by Gasteiger charge is -2.09. The van der Waals surface area contributed by atoms with E-state index in [2.05, 4.69) is 20.9 Å². The number of aliphatic hydroxyl groups is 1. The number of aliphatic hydroxyl groups excluding tert-OH is 1. The second kappa shape index (κ2) is 5.56. The van der Waals surface area contributed by atoms with Gasteiger partial charge in [-0.05, 0) is 35.9 Å². The Morgan fingerprint density at radius 1 is 1.25 bits per heavy atom. The number of benzene rings is 2. The number of aromatic nitrogens is 1. The smallest absolute Gasteiger partial charge is 0.198 e. The molecule has 1 N–H and O–H groups in total. The maximum atomic E-state index is 10.3. The first-order valence-electron chi connectivity index (χ1n) is 6.10. The van der Waals surface area contributed by atoms with Crippen molar-refractivity contribution in [2.75, 3.05) is 0 Å². The first kappa shape index (κ1) is 13.6. The third-order valence-corrected chi connectivity index (χ3v) is 3.65. The van der Waals surface area contributed by atoms with E-state index in [0.29, 0.717) is 17.3 Å². The fraction of sp³-hybridized carbons (Fsp3) is 0.133. The summed E-state index contributed by atoms with van der Waals surface area (Å²) >= 11 is 9.34. The molecule has 20 heavy (non-hydrogen) atoms. The van der Waals surface area contributed by atoms with Crippen molar-refractivity contribution in [1.82, 2.24) is 4.98 Å². The van der Waals surface area contributed by atoms with Crippen molar-refractivity contribution in [2.24, 2.45) is 0 Å². The summed E-state index contributed by atoms with van der Waals surface area (Å²) in [5, 5.41) is 10.8. The molecule has 102 valence electrons. The molecular formula is C15H11BrClNO2. The minimum Gasteiger partial charge on any atom is -0.441 e. The molecule has 0 radical (unpaired) electrons. The second-order valence-corrected chi connectivity index (χ2v) is 5.85. The van der Waals surface area contributed by atoms with Crippen LogP contribution in [0.5, 0.6) is 0 Å². The number of fused-ring (bicyclic) bond motifs is 1. The molecule has 0 saturated carbocycles. The van der Waals surface area contributed by atoms with Gasteiger partial charge in [0.25, 0.3) is 0 Å². The summed E-state index contributed by atoms with van der Waals surface area (Å²) in [6.07, 6.45) is -0.403. The highest BCUT2D eigenvalue weighted by molar-refractivity contribution is 9.10. The second-order valence-electron chi connectivity index (χ2n) is 4.50. The average molecular weight is 353 g/mol. The van der Waals surface area contributed by atoms with E-state index in [1.807, 2.05) is 30.3 Å². The van der Waals surface area contributed by atoms with Gasteiger partial charge in [-0.25, -0.2) is 4.98 Å². The van der Waals surface area contributed by atoms with Crippen LogP contribution in [0.25, 0.3) is 11.1 Å². The Bertz CT molecular complexity index is 703. The van der Waals surface area contributed by atoms with Crippen LogP contribution in [-0.4, -0.2) is 10.1 Å². The summed E-state index contributed by atoms with van der Waals surface area (Å²) in [6, 6.07) is 12.9. The maximum absolute atomic E-state index is 10.3. The van der Waals surface area contributed by atoms with Crippen molar-refractivity contribution in [1.29, 1.82) is 0 Å². The zero-order valence-electron chi connectivity index (χ0n) is 10.4. The number of para-hydroxylation sites is 2. The van der Waals surface area contributed by atoms with Gasteiger partial charge >= 0.3 is 0 Å². The Morgan fingerprint density at radius 2 is 2.05 bits per heavy atom. The number of rotatable bonds is 3. The van der Waals surface area contributed by atoms with Crippen LogP contribution in [0.2, 0.25) is 5.02 Å². The predicted octanol–water partition coefficient (Wildman–Crippen LogP) is 4.52. The molecule has 2 aromatic carbocycles. The van der Waals surface area contributed by atoms with Crippen molar-refractivity contribution in [3.05, 3.63) is 63.4 Å². The van der Waals surface area contributed by atoms with Gasteiger partial charge in [0.1, 0.15) is 5.52 Å². The molecule has 5 heteroatoms. The quantitative estimate of drug-likeness (QED) is 0.754. The van der Waals surface area contributed by atoms with Crippen molar-refractivity contribution >= 4 is 38.6 Å². The molecule has 3 aromatic rings. The summed E-state index contributed by atoms with van der Waals surface area (Å²) in [4.78, 5) is 4.35. The molecule has 0 fully saturated rings. The van der Waals surface area contributed by atoms with Crippen LogP contribution in [-0.2, 0) is 6.42 Å². The molecule has 3 rings (SSSR count). The number of hydrogen-bond donors (Lipinski definition) is 1. The minimum atomic E-state index is -0.710. The zero-order chi connectivity index (χ0) is 14.1. The van der Waals surface area contributed by atoms with Crippen molar-refractivity contribution < 1.29 is 9.52 Å². The average Bonchev–Trinajstić information content (AvgIpc) is 2.79. The third-order valence-electron chi connectivity index (χ3n) is 2.98. The summed E-state index contributed by atoms with van der Waals surface area (Å²) < 4.78 is 6.44. The largest absolute Gasteiger partial charge is 0.441 e. The molecule has 1 heterocycles. The van der Waals surface area contributed by atoms with E-state index in [1.54, 1.807) is 12.1 Å². The van der Waals surface area contributed by atoms with Crippen LogP contribution in [0.3, 0.4) is 0 Å². The van der Waals surface area contributed by atoms with Gasteiger partial charge in [-0.3, -0.25) is 0 Å². The van der Waals surface area contributed by atoms with E-state index in [1.165, 1.54) is 0 Å². The maximum Gasteiger partial charge on any atom is 0.198 e. The Hall–Kier alpha value is -1.36. The fourth-order valence-corrected chi connectivity index (χ4v) is 2.94. The lowest BCUT2D eigenvalue weighted by molar-refractivity contribution is 0.169. The third kappa shape index (κ3) is 2.87. The van der Waals surface area contributed by atoms with Crippen LogP contribution in [0, 0.1) is 0 Å². The van der Waals surface area contributed by atoms with Gasteiger partial charge in [0.2, 0.25) is 0 Å². The monoisotopic (exact) mass is 351 g/mol. The number of halogens is 2. The first-order valence-corrected chi connectivity index (χ1v) is 7.27. The molecule has 0 saturated heterocycles. The number of nitrogens with zero attached hydrogens (tertiary/aromatic N) is 1. The first-order chi connectivity index (χ1) is 9.61. The van der Waals surface area contributed by atoms with E-state index in [0.717, 1.165) is 21.1 Å². The van der Waals surface area contributed by atoms with Gasteiger partial charge in [-0.1, -0.05) is 39.7 Å². The van der Waals surface area contributed by atoms with Crippen molar-refractivity contribution in [3.8, 4) is 0 Å². The van der Waals surface area contributed by atoms with Crippen LogP contribution in [0.15, 0.2) is 51.4 Å². The molecule has 0 bridgehead atoms. The van der Waals surface area contributed by atoms with Crippen LogP contribution in [0.1, 0.15) is 17.6 Å². The molecule has 0 aliphatic rings. The van der Waals surface area contributed by atoms with Crippen molar-refractivity contribution in [2.45, 2.75) is 12.5 Å².